The fraction of sp³-hybridized carbons (Fsp3) is 0.538. The van der Waals surface area contributed by atoms with E-state index in [4.69, 9.17) is 4.74 Å². The van der Waals surface area contributed by atoms with E-state index in [2.05, 4.69) is 10.0 Å². The number of hydrogen-bond acceptors (Lipinski definition) is 4. The predicted molar refractivity (Wildman–Crippen MR) is 74.8 cm³/mol. The van der Waals surface area contributed by atoms with Crippen LogP contribution in [0.25, 0.3) is 0 Å². The number of ether oxygens (including phenoxy) is 1. The Morgan fingerprint density at radius 2 is 2.00 bits per heavy atom. The summed E-state index contributed by atoms with van der Waals surface area (Å²) in [4.78, 5) is 0.294. The summed E-state index contributed by atoms with van der Waals surface area (Å²) < 4.78 is 31.7. The summed E-state index contributed by atoms with van der Waals surface area (Å²) in [7, 11) is -2.01. The van der Waals surface area contributed by atoms with Crippen molar-refractivity contribution in [1.29, 1.82) is 0 Å². The van der Waals surface area contributed by atoms with Crippen LogP contribution in [0.3, 0.4) is 0 Å². The maximum atomic E-state index is 12.0. The summed E-state index contributed by atoms with van der Waals surface area (Å²) in [5.41, 5.74) is 0.656. The fourth-order valence-electron chi connectivity index (χ4n) is 2.20. The van der Waals surface area contributed by atoms with Crippen LogP contribution in [0.1, 0.15) is 19.3 Å². The summed E-state index contributed by atoms with van der Waals surface area (Å²) in [5.74, 6) is 0. The van der Waals surface area contributed by atoms with Crippen LogP contribution < -0.4 is 10.0 Å². The maximum absolute atomic E-state index is 12.0. The van der Waals surface area contributed by atoms with Gasteiger partial charge in [-0.25, -0.2) is 13.1 Å². The quantitative estimate of drug-likeness (QED) is 0.881. The van der Waals surface area contributed by atoms with Crippen molar-refractivity contribution in [2.75, 3.05) is 25.6 Å². The molecule has 1 aliphatic rings. The van der Waals surface area contributed by atoms with Crippen LogP contribution >= 0.6 is 0 Å². The number of para-hydroxylation sites is 1. The first-order chi connectivity index (χ1) is 9.13. The van der Waals surface area contributed by atoms with Gasteiger partial charge in [-0.2, -0.15) is 0 Å². The molecule has 2 rings (SSSR count). The molecule has 1 saturated heterocycles. The molecule has 106 valence electrons. The van der Waals surface area contributed by atoms with Gasteiger partial charge < -0.3 is 10.1 Å². The Bertz CT molecular complexity index is 508. The van der Waals surface area contributed by atoms with Crippen molar-refractivity contribution in [3.8, 4) is 0 Å². The summed E-state index contributed by atoms with van der Waals surface area (Å²) in [6.45, 7) is 1.51. The highest BCUT2D eigenvalue weighted by Gasteiger charge is 2.19. The van der Waals surface area contributed by atoms with Crippen molar-refractivity contribution in [1.82, 2.24) is 4.72 Å². The lowest BCUT2D eigenvalue weighted by Crippen LogP contribution is -2.24. The van der Waals surface area contributed by atoms with E-state index in [1.54, 1.807) is 18.2 Å². The van der Waals surface area contributed by atoms with Gasteiger partial charge >= 0.3 is 0 Å². The molecule has 1 fully saturated rings. The first-order valence-electron chi connectivity index (χ1n) is 6.50. The van der Waals surface area contributed by atoms with Gasteiger partial charge in [0.05, 0.1) is 5.69 Å². The number of benzene rings is 1. The SMILES string of the molecule is CNS(=O)(=O)c1ccccc1NC1CCCOCC1. The fourth-order valence-corrected chi connectivity index (χ4v) is 3.09. The molecule has 1 unspecified atom stereocenters. The van der Waals surface area contributed by atoms with Gasteiger partial charge in [0.25, 0.3) is 0 Å². The lowest BCUT2D eigenvalue weighted by molar-refractivity contribution is 0.144. The minimum atomic E-state index is -3.43. The smallest absolute Gasteiger partial charge is 0.242 e. The van der Waals surface area contributed by atoms with Crippen LogP contribution in [0.15, 0.2) is 29.2 Å². The molecule has 19 heavy (non-hydrogen) atoms. The zero-order chi connectivity index (χ0) is 13.7. The van der Waals surface area contributed by atoms with E-state index in [9.17, 15) is 8.42 Å². The van der Waals surface area contributed by atoms with Crippen molar-refractivity contribution in [2.45, 2.75) is 30.2 Å². The van der Waals surface area contributed by atoms with Crippen LogP contribution in [0.4, 0.5) is 5.69 Å². The van der Waals surface area contributed by atoms with Crippen molar-refractivity contribution >= 4 is 15.7 Å². The molecule has 1 atom stereocenters. The van der Waals surface area contributed by atoms with Crippen LogP contribution in [-0.4, -0.2) is 34.7 Å². The Kier molecular flexibility index (Phi) is 4.79. The summed E-state index contributed by atoms with van der Waals surface area (Å²) in [6.07, 6.45) is 2.89. The average Bonchev–Trinajstić information content (AvgIpc) is 2.68. The average molecular weight is 284 g/mol. The molecule has 1 heterocycles. The van der Waals surface area contributed by atoms with E-state index in [1.807, 2.05) is 6.07 Å². The molecule has 1 aromatic rings. The van der Waals surface area contributed by atoms with Crippen LogP contribution in [0.5, 0.6) is 0 Å². The van der Waals surface area contributed by atoms with Gasteiger partial charge in [0.1, 0.15) is 4.90 Å². The van der Waals surface area contributed by atoms with Crippen LogP contribution in [-0.2, 0) is 14.8 Å². The Morgan fingerprint density at radius 3 is 2.79 bits per heavy atom. The normalized spacial score (nSPS) is 20.8. The van der Waals surface area contributed by atoms with Crippen LogP contribution in [0.2, 0.25) is 0 Å². The van der Waals surface area contributed by atoms with Gasteiger partial charge in [-0.1, -0.05) is 12.1 Å². The van der Waals surface area contributed by atoms with Gasteiger partial charge in [0, 0.05) is 19.3 Å². The topological polar surface area (TPSA) is 67.4 Å². The number of nitrogens with one attached hydrogen (secondary N) is 2. The molecule has 6 heteroatoms. The number of sulfonamides is 1. The van der Waals surface area contributed by atoms with Gasteiger partial charge in [0.15, 0.2) is 0 Å². The molecule has 1 aliphatic heterocycles. The Labute approximate surface area is 114 Å². The van der Waals surface area contributed by atoms with E-state index in [-0.39, 0.29) is 6.04 Å². The summed E-state index contributed by atoms with van der Waals surface area (Å²) in [6, 6.07) is 7.24. The third kappa shape index (κ3) is 3.68. The molecule has 5 nitrogen and oxygen atoms in total. The van der Waals surface area contributed by atoms with Crippen molar-refractivity contribution in [2.24, 2.45) is 0 Å². The second-order valence-electron chi connectivity index (χ2n) is 4.59. The molecule has 0 radical (unpaired) electrons. The molecular weight excluding hydrogens is 264 g/mol. The highest BCUT2D eigenvalue weighted by Crippen LogP contribution is 2.23. The van der Waals surface area contributed by atoms with Gasteiger partial charge in [-0.3, -0.25) is 0 Å². The van der Waals surface area contributed by atoms with Gasteiger partial charge in [0.2, 0.25) is 10.0 Å². The molecule has 0 saturated carbocycles. The lowest BCUT2D eigenvalue weighted by Gasteiger charge is -2.19. The highest BCUT2D eigenvalue weighted by molar-refractivity contribution is 7.89. The lowest BCUT2D eigenvalue weighted by atomic mass is 10.1. The second-order valence-corrected chi connectivity index (χ2v) is 6.44. The number of anilines is 1. The third-order valence-corrected chi connectivity index (χ3v) is 4.73. The van der Waals surface area contributed by atoms with Gasteiger partial charge in [-0.15, -0.1) is 0 Å². The Morgan fingerprint density at radius 1 is 1.21 bits per heavy atom. The molecule has 0 bridgehead atoms. The van der Waals surface area contributed by atoms with Crippen molar-refractivity contribution in [3.63, 3.8) is 0 Å². The molecule has 0 spiro atoms. The first kappa shape index (κ1) is 14.3. The second kappa shape index (κ2) is 6.36. The minimum absolute atomic E-state index is 0.260. The molecular formula is C13H20N2O3S. The molecule has 0 amide bonds. The third-order valence-electron chi connectivity index (χ3n) is 3.26. The van der Waals surface area contributed by atoms with E-state index < -0.39 is 10.0 Å². The number of rotatable bonds is 4. The largest absolute Gasteiger partial charge is 0.381 e. The van der Waals surface area contributed by atoms with E-state index in [0.29, 0.717) is 10.6 Å². The first-order valence-corrected chi connectivity index (χ1v) is 7.98. The summed E-state index contributed by atoms with van der Waals surface area (Å²) >= 11 is 0. The van der Waals surface area contributed by atoms with E-state index in [0.717, 1.165) is 32.5 Å². The zero-order valence-corrected chi connectivity index (χ0v) is 11.9. The van der Waals surface area contributed by atoms with E-state index in [1.165, 1.54) is 7.05 Å². The van der Waals surface area contributed by atoms with E-state index >= 15 is 0 Å². The Hall–Kier alpha value is -1.11. The summed E-state index contributed by atoms with van der Waals surface area (Å²) in [5, 5.41) is 3.33. The van der Waals surface area contributed by atoms with Crippen molar-refractivity contribution < 1.29 is 13.2 Å². The molecule has 0 aromatic heterocycles. The zero-order valence-electron chi connectivity index (χ0n) is 11.1. The van der Waals surface area contributed by atoms with Gasteiger partial charge in [-0.05, 0) is 38.4 Å². The monoisotopic (exact) mass is 284 g/mol. The minimum Gasteiger partial charge on any atom is -0.381 e. The molecule has 1 aromatic carbocycles. The highest BCUT2D eigenvalue weighted by atomic mass is 32.2. The predicted octanol–water partition coefficient (Wildman–Crippen LogP) is 1.58. The van der Waals surface area contributed by atoms with Crippen molar-refractivity contribution in [3.05, 3.63) is 24.3 Å². The molecule has 0 aliphatic carbocycles. The molecule has 2 N–H and O–H groups in total. The number of hydrogen-bond donors (Lipinski definition) is 2. The van der Waals surface area contributed by atoms with Crippen LogP contribution in [0, 0.1) is 0 Å². The standard InChI is InChI=1S/C13H20N2O3S/c1-14-19(16,17)13-7-3-2-6-12(13)15-11-5-4-9-18-10-8-11/h2-3,6-7,11,14-15H,4-5,8-10H2,1H3. The Balaban J connectivity index is 2.20. The maximum Gasteiger partial charge on any atom is 0.242 e.